The minimum absolute atomic E-state index is 0.131. The summed E-state index contributed by atoms with van der Waals surface area (Å²) in [6, 6.07) is 12.6. The molecule has 0 bridgehead atoms. The second-order valence-electron chi connectivity index (χ2n) is 6.97. The second-order valence-corrected chi connectivity index (χ2v) is 8.88. The van der Waals surface area contributed by atoms with E-state index < -0.39 is 20.6 Å². The molecule has 0 saturated carbocycles. The number of rotatable bonds is 7. The number of para-hydroxylation sites is 1. The van der Waals surface area contributed by atoms with Crippen molar-refractivity contribution in [3.63, 3.8) is 0 Å². The predicted molar refractivity (Wildman–Crippen MR) is 109 cm³/mol. The zero-order valence-electron chi connectivity index (χ0n) is 16.5. The Hall–Kier alpha value is -2.98. The van der Waals surface area contributed by atoms with E-state index in [9.17, 15) is 23.3 Å². The number of ether oxygens (including phenoxy) is 1. The summed E-state index contributed by atoms with van der Waals surface area (Å²) in [5.41, 5.74) is 0.484. The fourth-order valence-corrected chi connectivity index (χ4v) is 5.03. The molecule has 1 heterocycles. The lowest BCUT2D eigenvalue weighted by Crippen LogP contribution is -2.43. The van der Waals surface area contributed by atoms with Crippen LogP contribution in [0.25, 0.3) is 0 Å². The highest BCUT2D eigenvalue weighted by Gasteiger charge is 2.35. The van der Waals surface area contributed by atoms with Crippen molar-refractivity contribution in [2.24, 2.45) is 5.92 Å². The zero-order valence-corrected chi connectivity index (χ0v) is 17.3. The van der Waals surface area contributed by atoms with E-state index in [0.717, 1.165) is 11.3 Å². The number of nitro benzene ring substituents is 1. The number of carbonyl (C=O) groups excluding carboxylic acids is 1. The van der Waals surface area contributed by atoms with Gasteiger partial charge in [-0.3, -0.25) is 14.9 Å². The third-order valence-corrected chi connectivity index (χ3v) is 7.08. The quantitative estimate of drug-likeness (QED) is 0.529. The standard InChI is InChI=1S/C20H23N3O6S/c1-29-17-8-6-15(7-9-17)14-21-20(24)16-10-12-22(13-11-16)30(27,28)19-5-3-2-4-18(19)23(25)26/h2-9,16H,10-14H2,1H3,(H,21,24). The van der Waals surface area contributed by atoms with Crippen LogP contribution in [-0.2, 0) is 21.4 Å². The summed E-state index contributed by atoms with van der Waals surface area (Å²) in [5.74, 6) is 0.298. The molecule has 3 rings (SSSR count). The van der Waals surface area contributed by atoms with Gasteiger partial charge < -0.3 is 10.1 Å². The third kappa shape index (κ3) is 4.77. The number of piperidine rings is 1. The van der Waals surface area contributed by atoms with Crippen LogP contribution in [0.15, 0.2) is 53.4 Å². The van der Waals surface area contributed by atoms with Crippen LogP contribution >= 0.6 is 0 Å². The number of carbonyl (C=O) groups is 1. The summed E-state index contributed by atoms with van der Waals surface area (Å²) in [6.45, 7) is 0.640. The van der Waals surface area contributed by atoms with Gasteiger partial charge in [0, 0.05) is 31.6 Å². The number of hydrogen-bond acceptors (Lipinski definition) is 6. The molecule has 1 fully saturated rings. The molecule has 2 aromatic carbocycles. The van der Waals surface area contributed by atoms with Crippen LogP contribution in [0.1, 0.15) is 18.4 Å². The van der Waals surface area contributed by atoms with Crippen molar-refractivity contribution >= 4 is 21.6 Å². The first-order valence-electron chi connectivity index (χ1n) is 9.47. The molecular formula is C20H23N3O6S. The highest BCUT2D eigenvalue weighted by Crippen LogP contribution is 2.29. The van der Waals surface area contributed by atoms with Crippen LogP contribution in [0, 0.1) is 16.0 Å². The van der Waals surface area contributed by atoms with Gasteiger partial charge in [0.15, 0.2) is 4.90 Å². The number of amides is 1. The monoisotopic (exact) mass is 433 g/mol. The maximum absolute atomic E-state index is 12.9. The largest absolute Gasteiger partial charge is 0.497 e. The Kier molecular flexibility index (Phi) is 6.68. The maximum atomic E-state index is 12.9. The van der Waals surface area contributed by atoms with Crippen LogP contribution in [0.3, 0.4) is 0 Å². The molecule has 10 heteroatoms. The molecular weight excluding hydrogens is 410 g/mol. The molecule has 1 aliphatic heterocycles. The molecule has 0 radical (unpaired) electrons. The van der Waals surface area contributed by atoms with Crippen molar-refractivity contribution in [3.8, 4) is 5.75 Å². The average Bonchev–Trinajstić information content (AvgIpc) is 2.77. The molecule has 1 aliphatic rings. The van der Waals surface area contributed by atoms with E-state index in [2.05, 4.69) is 5.32 Å². The minimum atomic E-state index is -4.00. The van der Waals surface area contributed by atoms with Gasteiger partial charge in [-0.1, -0.05) is 24.3 Å². The number of methoxy groups -OCH3 is 1. The van der Waals surface area contributed by atoms with Crippen molar-refractivity contribution in [1.82, 2.24) is 9.62 Å². The summed E-state index contributed by atoms with van der Waals surface area (Å²) < 4.78 is 32.0. The van der Waals surface area contributed by atoms with Gasteiger partial charge in [0.1, 0.15) is 5.75 Å². The molecule has 30 heavy (non-hydrogen) atoms. The summed E-state index contributed by atoms with van der Waals surface area (Å²) in [7, 11) is -2.42. The molecule has 160 valence electrons. The van der Waals surface area contributed by atoms with E-state index in [-0.39, 0.29) is 29.8 Å². The molecule has 0 unspecified atom stereocenters. The van der Waals surface area contributed by atoms with Gasteiger partial charge in [0.2, 0.25) is 15.9 Å². The van der Waals surface area contributed by atoms with Gasteiger partial charge in [0.25, 0.3) is 5.69 Å². The summed E-state index contributed by atoms with van der Waals surface area (Å²) in [4.78, 5) is 22.6. The molecule has 1 saturated heterocycles. The summed E-state index contributed by atoms with van der Waals surface area (Å²) in [6.07, 6.45) is 0.711. The number of nitrogens with one attached hydrogen (secondary N) is 1. The molecule has 0 aliphatic carbocycles. The topological polar surface area (TPSA) is 119 Å². The van der Waals surface area contributed by atoms with Crippen LogP contribution in [0.2, 0.25) is 0 Å². The smallest absolute Gasteiger partial charge is 0.289 e. The SMILES string of the molecule is COc1ccc(CNC(=O)C2CCN(S(=O)(=O)c3ccccc3[N+](=O)[O-])CC2)cc1. The fourth-order valence-electron chi connectivity index (χ4n) is 3.40. The Bertz CT molecular complexity index is 1020. The van der Waals surface area contributed by atoms with Crippen molar-refractivity contribution in [2.45, 2.75) is 24.3 Å². The predicted octanol–water partition coefficient (Wildman–Crippen LogP) is 2.32. The highest BCUT2D eigenvalue weighted by atomic mass is 32.2. The fraction of sp³-hybridized carbons (Fsp3) is 0.350. The van der Waals surface area contributed by atoms with Gasteiger partial charge >= 0.3 is 0 Å². The van der Waals surface area contributed by atoms with E-state index in [4.69, 9.17) is 4.74 Å². The van der Waals surface area contributed by atoms with Crippen LogP contribution in [0.5, 0.6) is 5.75 Å². The van der Waals surface area contributed by atoms with Crippen LogP contribution < -0.4 is 10.1 Å². The molecule has 1 amide bonds. The third-order valence-electron chi connectivity index (χ3n) is 5.13. The summed E-state index contributed by atoms with van der Waals surface area (Å²) in [5, 5.41) is 14.1. The van der Waals surface area contributed by atoms with Crippen molar-refractivity contribution in [1.29, 1.82) is 0 Å². The Morgan fingerprint density at radius 1 is 1.17 bits per heavy atom. The first kappa shape index (κ1) is 21.7. The van der Waals surface area contributed by atoms with Crippen molar-refractivity contribution in [2.75, 3.05) is 20.2 Å². The molecule has 1 N–H and O–H groups in total. The lowest BCUT2D eigenvalue weighted by atomic mass is 9.97. The van der Waals surface area contributed by atoms with Crippen molar-refractivity contribution in [3.05, 3.63) is 64.2 Å². The van der Waals surface area contributed by atoms with E-state index >= 15 is 0 Å². The lowest BCUT2D eigenvalue weighted by molar-refractivity contribution is -0.387. The molecule has 2 aromatic rings. The van der Waals surface area contributed by atoms with Gasteiger partial charge in [-0.2, -0.15) is 4.31 Å². The molecule has 9 nitrogen and oxygen atoms in total. The van der Waals surface area contributed by atoms with E-state index in [0.29, 0.717) is 19.4 Å². The van der Waals surface area contributed by atoms with Gasteiger partial charge in [0.05, 0.1) is 12.0 Å². The zero-order chi connectivity index (χ0) is 21.7. The first-order valence-corrected chi connectivity index (χ1v) is 10.9. The number of nitro groups is 1. The Morgan fingerprint density at radius 2 is 1.80 bits per heavy atom. The van der Waals surface area contributed by atoms with Crippen LogP contribution in [-0.4, -0.2) is 43.8 Å². The molecule has 0 aromatic heterocycles. The maximum Gasteiger partial charge on any atom is 0.289 e. The average molecular weight is 433 g/mol. The van der Waals surface area contributed by atoms with E-state index in [1.807, 2.05) is 24.3 Å². The Labute approximate surface area is 174 Å². The summed E-state index contributed by atoms with van der Waals surface area (Å²) >= 11 is 0. The van der Waals surface area contributed by atoms with Crippen molar-refractivity contribution < 1.29 is 22.9 Å². The van der Waals surface area contributed by atoms with Crippen LogP contribution in [0.4, 0.5) is 5.69 Å². The number of benzene rings is 2. The Morgan fingerprint density at radius 3 is 2.40 bits per heavy atom. The molecule has 0 spiro atoms. The van der Waals surface area contributed by atoms with Gasteiger partial charge in [-0.05, 0) is 36.6 Å². The number of nitrogens with zero attached hydrogens (tertiary/aromatic N) is 2. The second kappa shape index (κ2) is 9.23. The highest BCUT2D eigenvalue weighted by molar-refractivity contribution is 7.89. The normalized spacial score (nSPS) is 15.5. The molecule has 0 atom stereocenters. The first-order chi connectivity index (χ1) is 14.3. The number of sulfonamides is 1. The number of hydrogen-bond donors (Lipinski definition) is 1. The van der Waals surface area contributed by atoms with Gasteiger partial charge in [-0.25, -0.2) is 8.42 Å². The van der Waals surface area contributed by atoms with E-state index in [1.165, 1.54) is 28.6 Å². The van der Waals surface area contributed by atoms with E-state index in [1.54, 1.807) is 7.11 Å². The Balaban J connectivity index is 1.58. The lowest BCUT2D eigenvalue weighted by Gasteiger charge is -2.30. The van der Waals surface area contributed by atoms with Gasteiger partial charge in [-0.15, -0.1) is 0 Å². The minimum Gasteiger partial charge on any atom is -0.497 e.